The first kappa shape index (κ1) is 18.4. The number of nitrogens with zero attached hydrogens (tertiary/aromatic N) is 1. The van der Waals surface area contributed by atoms with Crippen molar-refractivity contribution < 1.29 is 14.0 Å². The van der Waals surface area contributed by atoms with E-state index >= 15 is 0 Å². The predicted octanol–water partition coefficient (Wildman–Crippen LogP) is 5.10. The zero-order valence-electron chi connectivity index (χ0n) is 16.2. The second-order valence-electron chi connectivity index (χ2n) is 7.24. The van der Waals surface area contributed by atoms with E-state index in [2.05, 4.69) is 21.3 Å². The lowest BCUT2D eigenvalue weighted by molar-refractivity contribution is 0.0966. The molecule has 150 valence electrons. The minimum atomic E-state index is -0.467. The van der Waals surface area contributed by atoms with Crippen LogP contribution in [0.25, 0.3) is 0 Å². The average Bonchev–Trinajstić information content (AvgIpc) is 3.47. The van der Waals surface area contributed by atoms with E-state index in [0.29, 0.717) is 11.3 Å². The maximum absolute atomic E-state index is 13.3. The smallest absolute Gasteiger partial charge is 0.291 e. The molecule has 4 aromatic rings. The van der Waals surface area contributed by atoms with Gasteiger partial charge in [-0.25, -0.2) is 0 Å². The van der Waals surface area contributed by atoms with Crippen molar-refractivity contribution in [3.05, 3.63) is 94.5 Å². The first-order valence-corrected chi connectivity index (χ1v) is 10.5. The molecule has 0 saturated carbocycles. The van der Waals surface area contributed by atoms with E-state index in [1.54, 1.807) is 41.7 Å². The van der Waals surface area contributed by atoms with E-state index in [4.69, 9.17) is 4.42 Å². The van der Waals surface area contributed by atoms with Crippen LogP contribution in [0.4, 0.5) is 10.7 Å². The minimum absolute atomic E-state index is 0.0176. The summed E-state index contributed by atoms with van der Waals surface area (Å²) >= 11 is 1.61. The number of Topliss-reactive ketones (excluding diaryl/α,β-unsaturated/α-hetero) is 1. The van der Waals surface area contributed by atoms with Crippen molar-refractivity contribution in [2.45, 2.75) is 19.5 Å². The van der Waals surface area contributed by atoms with Crippen LogP contribution >= 0.6 is 11.3 Å². The molecule has 0 radical (unpaired) electrons. The molecule has 0 spiro atoms. The SMILES string of the molecule is Cc1ccoc1C(=O)Nc1ccc(C(=O)C2Nc3sccc3Cn3cccc32)cc1. The molecule has 0 fully saturated rings. The van der Waals surface area contributed by atoms with Gasteiger partial charge in [0.1, 0.15) is 6.04 Å². The molecule has 7 heteroatoms. The highest BCUT2D eigenvalue weighted by Gasteiger charge is 2.28. The van der Waals surface area contributed by atoms with Crippen molar-refractivity contribution in [2.75, 3.05) is 10.6 Å². The summed E-state index contributed by atoms with van der Waals surface area (Å²) in [4.78, 5) is 25.7. The highest BCUT2D eigenvalue weighted by Crippen LogP contribution is 2.34. The summed E-state index contributed by atoms with van der Waals surface area (Å²) in [6, 6.07) is 14.2. The number of amides is 1. The van der Waals surface area contributed by atoms with Gasteiger partial charge in [0.25, 0.3) is 5.91 Å². The van der Waals surface area contributed by atoms with Crippen LogP contribution < -0.4 is 10.6 Å². The van der Waals surface area contributed by atoms with Gasteiger partial charge in [0.05, 0.1) is 17.8 Å². The Kier molecular flexibility index (Phi) is 4.52. The van der Waals surface area contributed by atoms with Gasteiger partial charge in [-0.2, -0.15) is 0 Å². The number of rotatable bonds is 4. The van der Waals surface area contributed by atoms with Crippen LogP contribution in [0.1, 0.15) is 43.8 Å². The van der Waals surface area contributed by atoms with Crippen molar-refractivity contribution in [3.63, 3.8) is 0 Å². The number of aromatic nitrogens is 1. The first-order chi connectivity index (χ1) is 14.6. The number of carbonyl (C=O) groups is 2. The van der Waals surface area contributed by atoms with E-state index in [1.165, 1.54) is 11.8 Å². The third-order valence-electron chi connectivity index (χ3n) is 5.28. The molecule has 0 aliphatic carbocycles. The highest BCUT2D eigenvalue weighted by atomic mass is 32.1. The average molecular weight is 417 g/mol. The Morgan fingerprint density at radius 2 is 2.00 bits per heavy atom. The Balaban J connectivity index is 1.38. The van der Waals surface area contributed by atoms with Gasteiger partial charge < -0.3 is 19.6 Å². The van der Waals surface area contributed by atoms with Crippen LogP contribution in [-0.4, -0.2) is 16.3 Å². The number of hydrogen-bond acceptors (Lipinski definition) is 5. The third-order valence-corrected chi connectivity index (χ3v) is 6.17. The van der Waals surface area contributed by atoms with E-state index in [-0.39, 0.29) is 17.5 Å². The molecule has 1 atom stereocenters. The van der Waals surface area contributed by atoms with Crippen molar-refractivity contribution in [3.8, 4) is 0 Å². The summed E-state index contributed by atoms with van der Waals surface area (Å²) in [5.41, 5.74) is 4.07. The Bertz CT molecular complexity index is 1230. The highest BCUT2D eigenvalue weighted by molar-refractivity contribution is 7.14. The van der Waals surface area contributed by atoms with E-state index in [9.17, 15) is 9.59 Å². The molecule has 4 heterocycles. The Morgan fingerprint density at radius 3 is 2.77 bits per heavy atom. The topological polar surface area (TPSA) is 76.3 Å². The maximum Gasteiger partial charge on any atom is 0.291 e. The lowest BCUT2D eigenvalue weighted by Crippen LogP contribution is -2.22. The summed E-state index contributed by atoms with van der Waals surface area (Å²) in [5.74, 6) is -0.0497. The lowest BCUT2D eigenvalue weighted by atomic mass is 10.0. The summed E-state index contributed by atoms with van der Waals surface area (Å²) in [6.07, 6.45) is 3.49. The number of fused-ring (bicyclic) bond motifs is 2. The van der Waals surface area contributed by atoms with Crippen LogP contribution in [0.2, 0.25) is 0 Å². The number of aryl methyl sites for hydroxylation is 1. The fourth-order valence-electron chi connectivity index (χ4n) is 3.69. The molecule has 6 nitrogen and oxygen atoms in total. The molecule has 1 unspecified atom stereocenters. The number of furan rings is 1. The van der Waals surface area contributed by atoms with Gasteiger partial charge in [-0.05, 0) is 60.8 Å². The first-order valence-electron chi connectivity index (χ1n) is 9.58. The normalized spacial score (nSPS) is 14.9. The second-order valence-corrected chi connectivity index (χ2v) is 8.16. The number of thiophene rings is 1. The molecule has 1 aromatic carbocycles. The zero-order chi connectivity index (χ0) is 20.7. The van der Waals surface area contributed by atoms with Crippen molar-refractivity contribution in [2.24, 2.45) is 0 Å². The van der Waals surface area contributed by atoms with Gasteiger partial charge in [-0.3, -0.25) is 9.59 Å². The predicted molar refractivity (Wildman–Crippen MR) is 116 cm³/mol. The Labute approximate surface area is 177 Å². The largest absolute Gasteiger partial charge is 0.459 e. The molecule has 2 N–H and O–H groups in total. The van der Waals surface area contributed by atoms with Crippen molar-refractivity contribution in [1.82, 2.24) is 4.57 Å². The number of hydrogen-bond donors (Lipinski definition) is 2. The minimum Gasteiger partial charge on any atom is -0.459 e. The van der Waals surface area contributed by atoms with Gasteiger partial charge in [0.2, 0.25) is 0 Å². The number of carbonyl (C=O) groups excluding carboxylic acids is 2. The molecular weight excluding hydrogens is 398 g/mol. The number of nitrogens with one attached hydrogen (secondary N) is 2. The zero-order valence-corrected chi connectivity index (χ0v) is 17.0. The van der Waals surface area contributed by atoms with Crippen molar-refractivity contribution >= 4 is 33.7 Å². The van der Waals surface area contributed by atoms with Crippen molar-refractivity contribution in [1.29, 1.82) is 0 Å². The van der Waals surface area contributed by atoms with E-state index in [0.717, 1.165) is 22.8 Å². The fourth-order valence-corrected chi connectivity index (χ4v) is 4.52. The molecule has 1 aliphatic rings. The second kappa shape index (κ2) is 7.35. The van der Waals surface area contributed by atoms with Gasteiger partial charge in [0, 0.05) is 34.3 Å². The fraction of sp³-hybridized carbons (Fsp3) is 0.130. The monoisotopic (exact) mass is 417 g/mol. The summed E-state index contributed by atoms with van der Waals surface area (Å²) in [5, 5.41) is 9.27. The summed E-state index contributed by atoms with van der Waals surface area (Å²) in [6.45, 7) is 2.56. The number of ketones is 1. The number of anilines is 2. The molecule has 3 aromatic heterocycles. The molecule has 1 aliphatic heterocycles. The van der Waals surface area contributed by atoms with Crippen LogP contribution in [0.5, 0.6) is 0 Å². The molecule has 0 bridgehead atoms. The molecule has 5 rings (SSSR count). The standard InChI is InChI=1S/C23H19N3O3S/c1-14-8-11-29-21(14)22(28)24-17-6-4-15(5-7-17)20(27)19-18-3-2-10-26(18)13-16-9-12-30-23(16)25-19/h2-12,19,25H,13H2,1H3,(H,24,28). The van der Waals surface area contributed by atoms with Crippen LogP contribution in [0.3, 0.4) is 0 Å². The van der Waals surface area contributed by atoms with Crippen LogP contribution in [0, 0.1) is 6.92 Å². The van der Waals surface area contributed by atoms with E-state index < -0.39 is 6.04 Å². The van der Waals surface area contributed by atoms with Gasteiger partial charge in [-0.15, -0.1) is 11.3 Å². The van der Waals surface area contributed by atoms with Gasteiger partial charge in [-0.1, -0.05) is 0 Å². The molecule has 0 saturated heterocycles. The quantitative estimate of drug-likeness (QED) is 0.453. The summed E-state index contributed by atoms with van der Waals surface area (Å²) < 4.78 is 7.33. The van der Waals surface area contributed by atoms with E-state index in [1.807, 2.05) is 30.6 Å². The molecule has 1 amide bonds. The lowest BCUT2D eigenvalue weighted by Gasteiger charge is -2.17. The number of benzene rings is 1. The molecular formula is C23H19N3O3S. The Morgan fingerprint density at radius 1 is 1.17 bits per heavy atom. The Hall–Kier alpha value is -3.58. The molecule has 30 heavy (non-hydrogen) atoms. The van der Waals surface area contributed by atoms with Crippen LogP contribution in [0.15, 0.2) is 70.8 Å². The van der Waals surface area contributed by atoms with Gasteiger partial charge in [0.15, 0.2) is 11.5 Å². The summed E-state index contributed by atoms with van der Waals surface area (Å²) in [7, 11) is 0. The third kappa shape index (κ3) is 3.23. The maximum atomic E-state index is 13.3. The van der Waals surface area contributed by atoms with Gasteiger partial charge >= 0.3 is 0 Å². The van der Waals surface area contributed by atoms with Crippen LogP contribution in [-0.2, 0) is 6.54 Å².